The topological polar surface area (TPSA) is 77.1 Å². The van der Waals surface area contributed by atoms with E-state index in [1.165, 1.54) is 0 Å². The third kappa shape index (κ3) is 13.8. The van der Waals surface area contributed by atoms with Crippen LogP contribution in [0.1, 0.15) is 20.3 Å². The number of rotatable bonds is 23. The van der Waals surface area contributed by atoms with Gasteiger partial charge in [-0.15, -0.1) is 0 Å². The van der Waals surface area contributed by atoms with Crippen molar-refractivity contribution in [2.45, 2.75) is 102 Å². The Morgan fingerprint density at radius 1 is 0.561 bits per heavy atom. The Morgan fingerprint density at radius 2 is 0.902 bits per heavy atom. The van der Waals surface area contributed by atoms with Crippen LogP contribution in [-0.4, -0.2) is 118 Å². The van der Waals surface area contributed by atoms with Crippen molar-refractivity contribution in [3.63, 3.8) is 0 Å². The van der Waals surface area contributed by atoms with E-state index in [2.05, 4.69) is 66.2 Å². The third-order valence-electron chi connectivity index (χ3n) is 7.64. The molecule has 2 unspecified atom stereocenters. The molecule has 41 heavy (non-hydrogen) atoms. The van der Waals surface area contributed by atoms with Gasteiger partial charge in [-0.25, -0.2) is 4.39 Å². The van der Waals surface area contributed by atoms with Gasteiger partial charge in [0.25, 0.3) is 0 Å². The summed E-state index contributed by atoms with van der Waals surface area (Å²) in [5.41, 5.74) is 0.266. The van der Waals surface area contributed by atoms with Crippen molar-refractivity contribution in [2.75, 3.05) is 62.2 Å². The quantitative estimate of drug-likeness (QED) is 0.0877. The maximum absolute atomic E-state index is 14.2. The maximum atomic E-state index is 14.2. The highest BCUT2D eigenvalue weighted by Gasteiger charge is 2.49. The molecule has 248 valence electrons. The molecule has 0 radical (unpaired) electrons. The molecule has 0 saturated carbocycles. The van der Waals surface area contributed by atoms with Gasteiger partial charge >= 0.3 is 17.6 Å². The average Bonchev–Trinajstić information content (AvgIpc) is 2.83. The Kier molecular flexibility index (Phi) is 17.9. The van der Waals surface area contributed by atoms with E-state index in [0.29, 0.717) is 12.7 Å². The van der Waals surface area contributed by atoms with Crippen molar-refractivity contribution in [3.05, 3.63) is 0 Å². The van der Waals surface area contributed by atoms with Crippen molar-refractivity contribution in [1.29, 1.82) is 0 Å². The van der Waals surface area contributed by atoms with E-state index in [-0.39, 0.29) is 11.1 Å². The zero-order valence-electron chi connectivity index (χ0n) is 29.2. The van der Waals surface area contributed by atoms with E-state index >= 15 is 0 Å². The van der Waals surface area contributed by atoms with Gasteiger partial charge in [-0.2, -0.15) is 0 Å². The zero-order valence-corrected chi connectivity index (χ0v) is 35.2. The van der Waals surface area contributed by atoms with Gasteiger partial charge in [-0.3, -0.25) is 4.90 Å². The highest BCUT2D eigenvalue weighted by Crippen LogP contribution is 2.36. The van der Waals surface area contributed by atoms with Crippen LogP contribution in [-0.2, 0) is 34.8 Å². The Hall–Kier alpha value is 0.871. The maximum Gasteiger partial charge on any atom is 0.502 e. The molecule has 0 aliphatic carbocycles. The van der Waals surface area contributed by atoms with Crippen LogP contribution in [0, 0.1) is 0 Å². The normalized spacial score (nSPS) is 16.0. The molecule has 0 aromatic carbocycles. The first-order valence-corrected chi connectivity index (χ1v) is 30.7. The second-order valence-corrected chi connectivity index (χ2v) is 37.8. The molecule has 2 atom stereocenters. The monoisotopic (exact) mass is 693 g/mol. The summed E-state index contributed by atoms with van der Waals surface area (Å²) in [6, 6.07) is 2.74. The molecule has 0 N–H and O–H groups in total. The molecule has 0 aromatic heterocycles. The fourth-order valence-corrected chi connectivity index (χ4v) is 33.5. The second-order valence-electron chi connectivity index (χ2n) is 13.7. The fourth-order valence-electron chi connectivity index (χ4n) is 6.54. The average molecular weight is 694 g/mol. The van der Waals surface area contributed by atoms with Gasteiger partial charge in [0.15, 0.2) is 33.3 Å². The number of alkyl halides is 1. The van der Waals surface area contributed by atoms with Crippen LogP contribution >= 0.6 is 0 Å². The summed E-state index contributed by atoms with van der Waals surface area (Å²) in [6.07, 6.45) is 1.57. The van der Waals surface area contributed by atoms with E-state index in [0.717, 1.165) is 24.6 Å². The molecule has 0 aromatic rings. The Bertz CT molecular complexity index is 728. The van der Waals surface area contributed by atoms with Crippen LogP contribution in [0.3, 0.4) is 0 Å². The highest BCUT2D eigenvalue weighted by molar-refractivity contribution is 6.86. The van der Waals surface area contributed by atoms with E-state index < -0.39 is 57.7 Å². The molecule has 0 bridgehead atoms. The second kappa shape index (κ2) is 17.5. The van der Waals surface area contributed by atoms with Crippen LogP contribution < -0.4 is 0 Å². The minimum atomic E-state index is -2.74. The SMILES string of the molecule is CO[Si](OC)(OC)C(C)C[Si](C)(C)O[Si](C)(C)CCCN(CF)C[Si](C)(C)O[Si](C)(C)CC(C)[Si](OC)(OC)OC. The lowest BCUT2D eigenvalue weighted by molar-refractivity contribution is 0.114. The molecule has 0 saturated heterocycles. The van der Waals surface area contributed by atoms with Gasteiger partial charge in [0.1, 0.15) is 6.80 Å². The molecule has 9 nitrogen and oxygen atoms in total. The summed E-state index contributed by atoms with van der Waals surface area (Å²) in [6.45, 7) is 22.4. The standard InChI is InChI=1S/C25H64FNO8Si6/c1-24(40(28-3,29-4)30-5)20-37(11,12)34-36(9,10)19-17-18-27(22-26)23-39(15,16)35-38(13,14)21-25(2)41(31-6,32-7)33-8/h24-25H,17-23H2,1-16H3. The van der Waals surface area contributed by atoms with Crippen LogP contribution in [0.2, 0.25) is 81.6 Å². The van der Waals surface area contributed by atoms with Gasteiger partial charge in [0.05, 0.1) is 0 Å². The first-order chi connectivity index (χ1) is 18.7. The molecule has 0 rings (SSSR count). The van der Waals surface area contributed by atoms with Crippen molar-refractivity contribution in [1.82, 2.24) is 4.90 Å². The first-order valence-electron chi connectivity index (χ1n) is 14.7. The Morgan fingerprint density at radius 3 is 1.22 bits per heavy atom. The van der Waals surface area contributed by atoms with Crippen LogP contribution in [0.25, 0.3) is 0 Å². The van der Waals surface area contributed by atoms with Crippen molar-refractivity contribution in [2.24, 2.45) is 0 Å². The number of hydrogen-bond donors (Lipinski definition) is 0. The van der Waals surface area contributed by atoms with E-state index in [1.807, 2.05) is 4.90 Å². The summed E-state index contributed by atoms with van der Waals surface area (Å²) in [7, 11) is -3.74. The lowest BCUT2D eigenvalue weighted by Crippen LogP contribution is -2.54. The number of nitrogens with zero attached hydrogens (tertiary/aromatic N) is 1. The third-order valence-corrected chi connectivity index (χ3v) is 29.5. The fraction of sp³-hybridized carbons (Fsp3) is 1.00. The summed E-state index contributed by atoms with van der Waals surface area (Å²) >= 11 is 0. The van der Waals surface area contributed by atoms with Crippen LogP contribution in [0.15, 0.2) is 0 Å². The first kappa shape index (κ1) is 41.9. The highest BCUT2D eigenvalue weighted by atomic mass is 28.4. The minimum absolute atomic E-state index is 0.117. The van der Waals surface area contributed by atoms with Crippen molar-refractivity contribution in [3.8, 4) is 0 Å². The molecule has 0 fully saturated rings. The van der Waals surface area contributed by atoms with E-state index in [1.54, 1.807) is 42.7 Å². The molecule has 0 aliphatic heterocycles. The predicted molar refractivity (Wildman–Crippen MR) is 181 cm³/mol. The van der Waals surface area contributed by atoms with Crippen LogP contribution in [0.5, 0.6) is 0 Å². The minimum Gasteiger partial charge on any atom is -0.455 e. The summed E-state index contributed by atoms with van der Waals surface area (Å²) in [4.78, 5) is 1.92. The summed E-state index contributed by atoms with van der Waals surface area (Å²) < 4.78 is 62.1. The Balaban J connectivity index is 5.11. The van der Waals surface area contributed by atoms with E-state index in [4.69, 9.17) is 34.8 Å². The molecule has 0 spiro atoms. The molecular formula is C25H64FNO8Si6. The smallest absolute Gasteiger partial charge is 0.455 e. The molecule has 0 heterocycles. The zero-order chi connectivity index (χ0) is 32.3. The lowest BCUT2D eigenvalue weighted by atomic mass is 10.4. The van der Waals surface area contributed by atoms with Gasteiger partial charge in [-0.05, 0) is 76.9 Å². The lowest BCUT2D eigenvalue weighted by Gasteiger charge is -2.40. The van der Waals surface area contributed by atoms with Crippen LogP contribution in [0.4, 0.5) is 4.39 Å². The van der Waals surface area contributed by atoms with Gasteiger partial charge in [0.2, 0.25) is 0 Å². The van der Waals surface area contributed by atoms with Crippen molar-refractivity contribution < 1.29 is 39.2 Å². The molecule has 0 amide bonds. The van der Waals surface area contributed by atoms with Crippen molar-refractivity contribution >= 4 is 50.9 Å². The van der Waals surface area contributed by atoms with Gasteiger partial charge < -0.3 is 34.8 Å². The largest absolute Gasteiger partial charge is 0.502 e. The summed E-state index contributed by atoms with van der Waals surface area (Å²) in [5, 5.41) is 0. The van der Waals surface area contributed by atoms with Gasteiger partial charge in [-0.1, -0.05) is 13.8 Å². The summed E-state index contributed by atoms with van der Waals surface area (Å²) in [5.74, 6) is 0. The molecule has 0 aliphatic rings. The number of hydrogen-bond acceptors (Lipinski definition) is 9. The number of halogens is 1. The molecular weight excluding hydrogens is 630 g/mol. The molecule has 16 heteroatoms. The van der Waals surface area contributed by atoms with Gasteiger partial charge in [0, 0.05) is 66.5 Å². The van der Waals surface area contributed by atoms with E-state index in [9.17, 15) is 4.39 Å². The Labute approximate surface area is 258 Å². The predicted octanol–water partition coefficient (Wildman–Crippen LogP) is 6.53.